The Morgan fingerprint density at radius 1 is 1.59 bits per heavy atom. The summed E-state index contributed by atoms with van der Waals surface area (Å²) >= 11 is 0. The van der Waals surface area contributed by atoms with Crippen LogP contribution in [0.5, 0.6) is 0 Å². The molecule has 0 aromatic carbocycles. The molecule has 0 saturated carbocycles. The molecule has 6 nitrogen and oxygen atoms in total. The maximum Gasteiger partial charge on any atom is 0.262 e. The molecule has 0 amide bonds. The summed E-state index contributed by atoms with van der Waals surface area (Å²) in [6.07, 6.45) is 2.31. The van der Waals surface area contributed by atoms with Gasteiger partial charge in [0.2, 0.25) is 0 Å². The fourth-order valence-corrected chi connectivity index (χ4v) is 3.53. The van der Waals surface area contributed by atoms with Gasteiger partial charge in [-0.25, -0.2) is 13.4 Å². The van der Waals surface area contributed by atoms with E-state index in [-0.39, 0.29) is 11.1 Å². The predicted molar refractivity (Wildman–Crippen MR) is 64.0 cm³/mol. The number of sulfonamides is 1. The average molecular weight is 258 g/mol. The van der Waals surface area contributed by atoms with Gasteiger partial charge in [0.05, 0.1) is 0 Å². The first-order valence-corrected chi connectivity index (χ1v) is 7.18. The number of hydrogen-bond acceptors (Lipinski definition) is 4. The lowest BCUT2D eigenvalue weighted by Gasteiger charge is -2.13. The Hall–Kier alpha value is -0.920. The number of nitrogens with zero attached hydrogens (tertiary/aromatic N) is 3. The highest BCUT2D eigenvalue weighted by Gasteiger charge is 2.32. The second-order valence-electron chi connectivity index (χ2n) is 4.32. The lowest BCUT2D eigenvalue weighted by atomic mass is 10.3. The van der Waals surface area contributed by atoms with Crippen molar-refractivity contribution in [1.82, 2.24) is 13.9 Å². The largest absolute Gasteiger partial charge is 0.334 e. The molecule has 0 radical (unpaired) electrons. The van der Waals surface area contributed by atoms with E-state index in [2.05, 4.69) is 4.98 Å². The molecule has 0 aliphatic carbocycles. The number of aryl methyl sites for hydroxylation is 2. The van der Waals surface area contributed by atoms with Crippen LogP contribution < -0.4 is 5.73 Å². The van der Waals surface area contributed by atoms with Crippen molar-refractivity contribution in [3.8, 4) is 0 Å². The van der Waals surface area contributed by atoms with Gasteiger partial charge in [-0.05, 0) is 20.3 Å². The first kappa shape index (κ1) is 12.5. The fourth-order valence-electron chi connectivity index (χ4n) is 2.03. The van der Waals surface area contributed by atoms with E-state index >= 15 is 0 Å². The molecule has 2 rings (SSSR count). The Bertz CT molecular complexity index is 508. The van der Waals surface area contributed by atoms with Crippen LogP contribution in [0.3, 0.4) is 0 Å². The molecule has 1 fully saturated rings. The van der Waals surface area contributed by atoms with Crippen LogP contribution in [0.1, 0.15) is 19.2 Å². The van der Waals surface area contributed by atoms with Crippen LogP contribution in [-0.4, -0.2) is 41.4 Å². The molecular weight excluding hydrogens is 240 g/mol. The van der Waals surface area contributed by atoms with Crippen molar-refractivity contribution in [1.29, 1.82) is 0 Å². The van der Waals surface area contributed by atoms with E-state index < -0.39 is 10.0 Å². The molecule has 1 aliphatic rings. The Labute approximate surface area is 101 Å². The van der Waals surface area contributed by atoms with Crippen LogP contribution in [0.4, 0.5) is 0 Å². The lowest BCUT2D eigenvalue weighted by molar-refractivity contribution is 0.469. The van der Waals surface area contributed by atoms with Crippen LogP contribution >= 0.6 is 0 Å². The highest BCUT2D eigenvalue weighted by molar-refractivity contribution is 7.89. The molecule has 17 heavy (non-hydrogen) atoms. The molecular formula is C10H18N4O2S. The normalized spacial score (nSPS) is 22.2. The molecule has 0 unspecified atom stereocenters. The minimum atomic E-state index is -3.46. The van der Waals surface area contributed by atoms with Crippen molar-refractivity contribution in [3.05, 3.63) is 12.0 Å². The zero-order chi connectivity index (χ0) is 12.6. The van der Waals surface area contributed by atoms with Crippen molar-refractivity contribution in [2.45, 2.75) is 37.9 Å². The van der Waals surface area contributed by atoms with E-state index in [4.69, 9.17) is 5.73 Å². The summed E-state index contributed by atoms with van der Waals surface area (Å²) in [5.41, 5.74) is 5.73. The molecule has 2 heterocycles. The summed E-state index contributed by atoms with van der Waals surface area (Å²) in [6, 6.07) is -0.0564. The molecule has 1 aromatic heterocycles. The molecule has 1 aliphatic heterocycles. The van der Waals surface area contributed by atoms with E-state index in [0.717, 1.165) is 5.82 Å². The molecule has 1 aromatic rings. The number of hydrogen-bond donors (Lipinski definition) is 1. The zero-order valence-corrected chi connectivity index (χ0v) is 10.9. The van der Waals surface area contributed by atoms with Crippen LogP contribution in [0.25, 0.3) is 0 Å². The summed E-state index contributed by atoms with van der Waals surface area (Å²) in [5.74, 6) is 0.717. The van der Waals surface area contributed by atoms with Crippen LogP contribution in [0.15, 0.2) is 11.2 Å². The predicted octanol–water partition coefficient (Wildman–Crippen LogP) is -0.0669. The summed E-state index contributed by atoms with van der Waals surface area (Å²) < 4.78 is 27.8. The van der Waals surface area contributed by atoms with E-state index in [1.165, 1.54) is 4.31 Å². The summed E-state index contributed by atoms with van der Waals surface area (Å²) in [5, 5.41) is 0.131. The van der Waals surface area contributed by atoms with Crippen molar-refractivity contribution in [2.24, 2.45) is 5.73 Å². The third-order valence-corrected chi connectivity index (χ3v) is 4.82. The second-order valence-corrected chi connectivity index (χ2v) is 6.21. The lowest BCUT2D eigenvalue weighted by Crippen LogP contribution is -2.32. The van der Waals surface area contributed by atoms with Gasteiger partial charge >= 0.3 is 0 Å². The van der Waals surface area contributed by atoms with Crippen molar-refractivity contribution < 1.29 is 8.42 Å². The first-order chi connectivity index (χ1) is 7.95. The Morgan fingerprint density at radius 2 is 2.29 bits per heavy atom. The zero-order valence-electron chi connectivity index (χ0n) is 10.1. The summed E-state index contributed by atoms with van der Waals surface area (Å²) in [4.78, 5) is 4.12. The molecule has 2 N–H and O–H groups in total. The molecule has 0 bridgehead atoms. The maximum absolute atomic E-state index is 12.3. The van der Waals surface area contributed by atoms with E-state index in [9.17, 15) is 8.42 Å². The minimum absolute atomic E-state index is 0.0564. The van der Waals surface area contributed by atoms with Gasteiger partial charge in [-0.2, -0.15) is 4.31 Å². The molecule has 1 saturated heterocycles. The third-order valence-electron chi connectivity index (χ3n) is 3.09. The van der Waals surface area contributed by atoms with Crippen molar-refractivity contribution in [3.63, 3.8) is 0 Å². The second kappa shape index (κ2) is 4.40. The number of aromatic nitrogens is 2. The van der Waals surface area contributed by atoms with Gasteiger partial charge in [-0.15, -0.1) is 0 Å². The molecule has 0 spiro atoms. The minimum Gasteiger partial charge on any atom is -0.334 e. The Balaban J connectivity index is 2.31. The van der Waals surface area contributed by atoms with Gasteiger partial charge in [0, 0.05) is 31.9 Å². The summed E-state index contributed by atoms with van der Waals surface area (Å²) in [6.45, 7) is 5.35. The van der Waals surface area contributed by atoms with Crippen molar-refractivity contribution in [2.75, 3.05) is 13.1 Å². The molecule has 7 heteroatoms. The molecule has 1 atom stereocenters. The van der Waals surface area contributed by atoms with E-state index in [0.29, 0.717) is 26.1 Å². The highest BCUT2D eigenvalue weighted by Crippen LogP contribution is 2.19. The van der Waals surface area contributed by atoms with Crippen LogP contribution in [-0.2, 0) is 16.6 Å². The SMILES string of the molecule is CCn1cc(S(=O)(=O)N2CC[C@H](N)C2)nc1C. The van der Waals surface area contributed by atoms with Crippen molar-refractivity contribution >= 4 is 10.0 Å². The van der Waals surface area contributed by atoms with Gasteiger partial charge in [0.1, 0.15) is 5.82 Å². The fraction of sp³-hybridized carbons (Fsp3) is 0.700. The first-order valence-electron chi connectivity index (χ1n) is 5.74. The maximum atomic E-state index is 12.3. The topological polar surface area (TPSA) is 81.2 Å². The number of rotatable bonds is 3. The average Bonchev–Trinajstić information content (AvgIpc) is 2.85. The Kier molecular flexibility index (Phi) is 3.24. The van der Waals surface area contributed by atoms with Gasteiger partial charge in [-0.1, -0.05) is 0 Å². The third kappa shape index (κ3) is 2.22. The smallest absolute Gasteiger partial charge is 0.262 e. The Morgan fingerprint density at radius 3 is 2.76 bits per heavy atom. The standard InChI is InChI=1S/C10H18N4O2S/c1-3-13-7-10(12-8(13)2)17(15,16)14-5-4-9(11)6-14/h7,9H,3-6,11H2,1-2H3/t9-/m0/s1. The van der Waals surface area contributed by atoms with Gasteiger partial charge in [0.15, 0.2) is 5.03 Å². The quantitative estimate of drug-likeness (QED) is 0.823. The van der Waals surface area contributed by atoms with Gasteiger partial charge in [0.25, 0.3) is 10.0 Å². The monoisotopic (exact) mass is 258 g/mol. The highest BCUT2D eigenvalue weighted by atomic mass is 32.2. The van der Waals surface area contributed by atoms with E-state index in [1.807, 2.05) is 11.5 Å². The van der Waals surface area contributed by atoms with Crippen LogP contribution in [0.2, 0.25) is 0 Å². The van der Waals surface area contributed by atoms with Gasteiger partial charge < -0.3 is 10.3 Å². The van der Waals surface area contributed by atoms with E-state index in [1.54, 1.807) is 13.1 Å². The van der Waals surface area contributed by atoms with Crippen LogP contribution in [0, 0.1) is 6.92 Å². The van der Waals surface area contributed by atoms with Gasteiger partial charge in [-0.3, -0.25) is 0 Å². The number of nitrogens with two attached hydrogens (primary N) is 1. The number of imidazole rings is 1. The summed E-state index contributed by atoms with van der Waals surface area (Å²) in [7, 11) is -3.46. The molecule has 96 valence electrons.